The van der Waals surface area contributed by atoms with E-state index in [0.29, 0.717) is 0 Å². The molecule has 0 amide bonds. The number of rotatable bonds is 4. The van der Waals surface area contributed by atoms with Gasteiger partial charge < -0.3 is 5.73 Å². The Labute approximate surface area is 107 Å². The monoisotopic (exact) mass is 241 g/mol. The molecule has 0 radical (unpaired) electrons. The van der Waals surface area contributed by atoms with Gasteiger partial charge in [-0.3, -0.25) is 9.80 Å². The average Bonchev–Trinajstić information content (AvgIpc) is 2.27. The smallest absolute Gasteiger partial charge is 0.0217 e. The predicted octanol–water partition coefficient (Wildman–Crippen LogP) is 1.78. The standard InChI is InChI=1S/C14H31N3/c1-6-12(2)17-9-7-16(8-10-17)11-13(15)14(3,4)5/h12-13H,6-11,15H2,1-5H3/t12?,13-/m0/s1. The number of piperazine rings is 1. The van der Waals surface area contributed by atoms with E-state index in [9.17, 15) is 0 Å². The molecule has 2 atom stereocenters. The van der Waals surface area contributed by atoms with Gasteiger partial charge in [-0.2, -0.15) is 0 Å². The van der Waals surface area contributed by atoms with Crippen LogP contribution in [0.25, 0.3) is 0 Å². The Morgan fingerprint density at radius 2 is 1.65 bits per heavy atom. The second-order valence-corrected chi connectivity index (χ2v) is 6.57. The van der Waals surface area contributed by atoms with Crippen LogP contribution in [0.2, 0.25) is 0 Å². The van der Waals surface area contributed by atoms with Gasteiger partial charge in [0.1, 0.15) is 0 Å². The largest absolute Gasteiger partial charge is 0.326 e. The molecule has 3 heteroatoms. The summed E-state index contributed by atoms with van der Waals surface area (Å²) in [5.74, 6) is 0. The Kier molecular flexibility index (Phi) is 5.42. The van der Waals surface area contributed by atoms with E-state index in [1.165, 1.54) is 32.6 Å². The maximum Gasteiger partial charge on any atom is 0.0217 e. The van der Waals surface area contributed by atoms with Crippen molar-refractivity contribution in [3.8, 4) is 0 Å². The molecule has 0 saturated carbocycles. The summed E-state index contributed by atoms with van der Waals surface area (Å²) >= 11 is 0. The van der Waals surface area contributed by atoms with E-state index >= 15 is 0 Å². The highest BCUT2D eigenvalue weighted by atomic mass is 15.3. The van der Waals surface area contributed by atoms with Crippen LogP contribution < -0.4 is 5.73 Å². The first kappa shape index (κ1) is 14.9. The van der Waals surface area contributed by atoms with Crippen molar-refractivity contribution in [2.45, 2.75) is 53.1 Å². The summed E-state index contributed by atoms with van der Waals surface area (Å²) in [6.07, 6.45) is 1.25. The normalized spacial score (nSPS) is 23.6. The minimum atomic E-state index is 0.216. The van der Waals surface area contributed by atoms with Crippen molar-refractivity contribution in [3.05, 3.63) is 0 Å². The average molecular weight is 241 g/mol. The van der Waals surface area contributed by atoms with Crippen LogP contribution in [-0.2, 0) is 0 Å². The molecular weight excluding hydrogens is 210 g/mol. The first-order valence-electron chi connectivity index (χ1n) is 7.06. The topological polar surface area (TPSA) is 32.5 Å². The maximum atomic E-state index is 6.25. The molecule has 1 aliphatic heterocycles. The van der Waals surface area contributed by atoms with Crippen molar-refractivity contribution in [2.24, 2.45) is 11.1 Å². The summed E-state index contributed by atoms with van der Waals surface area (Å²) < 4.78 is 0. The zero-order valence-electron chi connectivity index (χ0n) is 12.4. The van der Waals surface area contributed by atoms with Gasteiger partial charge >= 0.3 is 0 Å². The maximum absolute atomic E-state index is 6.25. The first-order valence-corrected chi connectivity index (χ1v) is 7.06. The van der Waals surface area contributed by atoms with Crippen molar-refractivity contribution >= 4 is 0 Å². The van der Waals surface area contributed by atoms with Gasteiger partial charge in [0, 0.05) is 44.8 Å². The third kappa shape index (κ3) is 4.57. The highest BCUT2D eigenvalue weighted by Gasteiger charge is 2.26. The van der Waals surface area contributed by atoms with Crippen LogP contribution >= 0.6 is 0 Å². The number of nitrogens with zero attached hydrogens (tertiary/aromatic N) is 2. The summed E-state index contributed by atoms with van der Waals surface area (Å²) in [6.45, 7) is 17.1. The SMILES string of the molecule is CCC(C)N1CCN(C[C@H](N)C(C)(C)C)CC1. The molecule has 1 saturated heterocycles. The minimum Gasteiger partial charge on any atom is -0.326 e. The van der Waals surface area contributed by atoms with Crippen molar-refractivity contribution in [3.63, 3.8) is 0 Å². The van der Waals surface area contributed by atoms with Gasteiger partial charge in [-0.25, -0.2) is 0 Å². The Morgan fingerprint density at radius 3 is 2.06 bits per heavy atom. The van der Waals surface area contributed by atoms with Crippen LogP contribution in [0.3, 0.4) is 0 Å². The van der Waals surface area contributed by atoms with Crippen molar-refractivity contribution in [2.75, 3.05) is 32.7 Å². The second-order valence-electron chi connectivity index (χ2n) is 6.57. The predicted molar refractivity (Wildman–Crippen MR) is 75.2 cm³/mol. The van der Waals surface area contributed by atoms with Crippen LogP contribution in [0.4, 0.5) is 0 Å². The molecule has 1 fully saturated rings. The lowest BCUT2D eigenvalue weighted by atomic mass is 9.87. The van der Waals surface area contributed by atoms with Crippen molar-refractivity contribution in [1.29, 1.82) is 0 Å². The molecule has 2 N–H and O–H groups in total. The Hall–Kier alpha value is -0.120. The highest BCUT2D eigenvalue weighted by molar-refractivity contribution is 4.83. The summed E-state index contributed by atoms with van der Waals surface area (Å²) in [5.41, 5.74) is 6.46. The van der Waals surface area contributed by atoms with E-state index in [4.69, 9.17) is 5.73 Å². The van der Waals surface area contributed by atoms with Crippen LogP contribution in [0, 0.1) is 5.41 Å². The Bertz CT molecular complexity index is 214. The fraction of sp³-hybridized carbons (Fsp3) is 1.00. The van der Waals surface area contributed by atoms with E-state index < -0.39 is 0 Å². The number of hydrogen-bond donors (Lipinski definition) is 1. The van der Waals surface area contributed by atoms with Crippen LogP contribution in [0.5, 0.6) is 0 Å². The fourth-order valence-corrected chi connectivity index (χ4v) is 2.20. The van der Waals surface area contributed by atoms with Gasteiger partial charge in [0.15, 0.2) is 0 Å². The summed E-state index contributed by atoms with van der Waals surface area (Å²) in [7, 11) is 0. The fourth-order valence-electron chi connectivity index (χ4n) is 2.20. The number of hydrogen-bond acceptors (Lipinski definition) is 3. The van der Waals surface area contributed by atoms with Gasteiger partial charge in [0.25, 0.3) is 0 Å². The van der Waals surface area contributed by atoms with Crippen LogP contribution in [-0.4, -0.2) is 54.6 Å². The molecule has 3 nitrogen and oxygen atoms in total. The van der Waals surface area contributed by atoms with Crippen molar-refractivity contribution in [1.82, 2.24) is 9.80 Å². The highest BCUT2D eigenvalue weighted by Crippen LogP contribution is 2.19. The van der Waals surface area contributed by atoms with Crippen LogP contribution in [0.15, 0.2) is 0 Å². The van der Waals surface area contributed by atoms with Crippen molar-refractivity contribution < 1.29 is 0 Å². The molecule has 0 aromatic rings. The van der Waals surface area contributed by atoms with Gasteiger partial charge in [-0.15, -0.1) is 0 Å². The molecule has 0 bridgehead atoms. The van der Waals surface area contributed by atoms with E-state index in [1.807, 2.05) is 0 Å². The quantitative estimate of drug-likeness (QED) is 0.814. The zero-order chi connectivity index (χ0) is 13.1. The third-order valence-electron chi connectivity index (χ3n) is 4.19. The van der Waals surface area contributed by atoms with E-state index in [2.05, 4.69) is 44.4 Å². The molecule has 1 unspecified atom stereocenters. The van der Waals surface area contributed by atoms with Gasteiger partial charge in [0.2, 0.25) is 0 Å². The molecule has 1 rings (SSSR count). The molecule has 17 heavy (non-hydrogen) atoms. The molecule has 102 valence electrons. The summed E-state index contributed by atoms with van der Waals surface area (Å²) in [4.78, 5) is 5.12. The van der Waals surface area contributed by atoms with E-state index in [-0.39, 0.29) is 11.5 Å². The molecule has 0 spiro atoms. The van der Waals surface area contributed by atoms with Crippen LogP contribution in [0.1, 0.15) is 41.0 Å². The van der Waals surface area contributed by atoms with E-state index in [0.717, 1.165) is 12.6 Å². The third-order valence-corrected chi connectivity index (χ3v) is 4.19. The summed E-state index contributed by atoms with van der Waals surface area (Å²) in [6, 6.07) is 1.01. The molecule has 0 aliphatic carbocycles. The summed E-state index contributed by atoms with van der Waals surface area (Å²) in [5, 5.41) is 0. The molecule has 1 heterocycles. The molecular formula is C14H31N3. The zero-order valence-corrected chi connectivity index (χ0v) is 12.4. The van der Waals surface area contributed by atoms with Gasteiger partial charge in [0.05, 0.1) is 0 Å². The van der Waals surface area contributed by atoms with Gasteiger partial charge in [-0.05, 0) is 18.8 Å². The lowest BCUT2D eigenvalue weighted by Gasteiger charge is -2.40. The number of nitrogens with two attached hydrogens (primary N) is 1. The Morgan fingerprint density at radius 1 is 1.12 bits per heavy atom. The minimum absolute atomic E-state index is 0.216. The lowest BCUT2D eigenvalue weighted by Crippen LogP contribution is -2.53. The lowest BCUT2D eigenvalue weighted by molar-refractivity contribution is 0.0867. The molecule has 0 aromatic heterocycles. The molecule has 0 aromatic carbocycles. The molecule has 1 aliphatic rings. The van der Waals surface area contributed by atoms with Gasteiger partial charge in [-0.1, -0.05) is 27.7 Å². The Balaban J connectivity index is 2.33. The van der Waals surface area contributed by atoms with E-state index in [1.54, 1.807) is 0 Å². The first-order chi connectivity index (χ1) is 7.84. The second kappa shape index (κ2) is 6.17.